The van der Waals surface area contributed by atoms with Crippen molar-refractivity contribution in [3.63, 3.8) is 0 Å². The van der Waals surface area contributed by atoms with E-state index in [0.717, 1.165) is 5.75 Å². The molecule has 0 spiro atoms. The molecule has 0 bridgehead atoms. The molecular formula is C13H17N3O4S. The van der Waals surface area contributed by atoms with Crippen molar-refractivity contribution in [2.24, 2.45) is 5.92 Å². The lowest BCUT2D eigenvalue weighted by atomic mass is 9.99. The fraction of sp³-hybridized carbons (Fsp3) is 0.538. The normalized spacial score (nSPS) is 16.1. The lowest BCUT2D eigenvalue weighted by Gasteiger charge is -2.20. The van der Waals surface area contributed by atoms with Crippen LogP contribution in [0.25, 0.3) is 0 Å². The molecule has 2 N–H and O–H groups in total. The van der Waals surface area contributed by atoms with Gasteiger partial charge < -0.3 is 10.4 Å². The summed E-state index contributed by atoms with van der Waals surface area (Å²) >= 11 is 1.46. The molecule has 1 aromatic heterocycles. The summed E-state index contributed by atoms with van der Waals surface area (Å²) in [6, 6.07) is -1.02. The molecule has 0 aliphatic carbocycles. The average Bonchev–Trinajstić information content (AvgIpc) is 2.93. The summed E-state index contributed by atoms with van der Waals surface area (Å²) in [5.74, 6) is -1.28. The van der Waals surface area contributed by atoms with Crippen molar-refractivity contribution in [2.45, 2.75) is 38.0 Å². The minimum Gasteiger partial charge on any atom is -0.480 e. The number of aliphatic carboxylic acids is 1. The van der Waals surface area contributed by atoms with Crippen molar-refractivity contribution in [1.82, 2.24) is 14.9 Å². The summed E-state index contributed by atoms with van der Waals surface area (Å²) in [6.07, 6.45) is 1.83. The highest BCUT2D eigenvalue weighted by molar-refractivity contribution is 7.99. The van der Waals surface area contributed by atoms with Crippen LogP contribution >= 0.6 is 11.8 Å². The Morgan fingerprint density at radius 3 is 2.90 bits per heavy atom. The number of amides is 1. The van der Waals surface area contributed by atoms with Gasteiger partial charge in [0.2, 0.25) is 0 Å². The van der Waals surface area contributed by atoms with E-state index in [2.05, 4.69) is 10.3 Å². The van der Waals surface area contributed by atoms with Gasteiger partial charge in [0.1, 0.15) is 11.6 Å². The number of hydrogen-bond acceptors (Lipinski definition) is 5. The number of thioether (sulfide) groups is 1. The molecule has 2 rings (SSSR count). The smallest absolute Gasteiger partial charge is 0.326 e. The predicted octanol–water partition coefficient (Wildman–Crippen LogP) is 0.578. The van der Waals surface area contributed by atoms with Gasteiger partial charge in [-0.2, -0.15) is 0 Å². The van der Waals surface area contributed by atoms with Gasteiger partial charge >= 0.3 is 5.97 Å². The van der Waals surface area contributed by atoms with Crippen molar-refractivity contribution in [3.8, 4) is 0 Å². The zero-order valence-electron chi connectivity index (χ0n) is 11.8. The predicted molar refractivity (Wildman–Crippen MR) is 77.6 cm³/mol. The van der Waals surface area contributed by atoms with E-state index in [1.165, 1.54) is 22.5 Å². The number of aromatic nitrogens is 2. The first kappa shape index (κ1) is 15.6. The number of nitrogens with one attached hydrogen (secondary N) is 1. The van der Waals surface area contributed by atoms with Gasteiger partial charge in [-0.05, 0) is 5.92 Å². The second-order valence-electron chi connectivity index (χ2n) is 4.93. The molecule has 21 heavy (non-hydrogen) atoms. The largest absolute Gasteiger partial charge is 0.480 e. The first-order valence-electron chi connectivity index (χ1n) is 6.72. The third-order valence-electron chi connectivity index (χ3n) is 3.57. The fourth-order valence-electron chi connectivity index (χ4n) is 2.08. The SMILES string of the molecule is CC[C@H](C)[C@H](NC(=O)c1cnc2n(c1=O)CCS2)C(=O)O. The van der Waals surface area contributed by atoms with E-state index in [4.69, 9.17) is 0 Å². The maximum Gasteiger partial charge on any atom is 0.326 e. The summed E-state index contributed by atoms with van der Waals surface area (Å²) in [7, 11) is 0. The monoisotopic (exact) mass is 311 g/mol. The van der Waals surface area contributed by atoms with Crippen molar-refractivity contribution in [1.29, 1.82) is 0 Å². The van der Waals surface area contributed by atoms with Gasteiger partial charge in [-0.3, -0.25) is 14.2 Å². The average molecular weight is 311 g/mol. The number of carboxylic acids is 1. The molecule has 1 aromatic rings. The van der Waals surface area contributed by atoms with Crippen LogP contribution in [-0.2, 0) is 11.3 Å². The number of carboxylic acid groups (broad SMARTS) is 1. The standard InChI is InChI=1S/C13H17N3O4S/c1-3-7(2)9(12(19)20)15-10(17)8-6-14-13-16(11(8)18)4-5-21-13/h6-7,9H,3-5H2,1-2H3,(H,15,17)(H,19,20)/t7-,9-/m0/s1. The fourth-order valence-corrected chi connectivity index (χ4v) is 2.99. The van der Waals surface area contributed by atoms with Crippen molar-refractivity contribution < 1.29 is 14.7 Å². The maximum atomic E-state index is 12.2. The number of rotatable bonds is 5. The van der Waals surface area contributed by atoms with Gasteiger partial charge in [0.15, 0.2) is 5.16 Å². The molecule has 2 heterocycles. The Balaban J connectivity index is 2.25. The van der Waals surface area contributed by atoms with Crippen LogP contribution < -0.4 is 10.9 Å². The molecule has 0 saturated heterocycles. The Labute approximate surface area is 125 Å². The van der Waals surface area contributed by atoms with Crippen LogP contribution in [-0.4, -0.2) is 38.3 Å². The first-order valence-corrected chi connectivity index (χ1v) is 7.70. The van der Waals surface area contributed by atoms with Gasteiger partial charge in [0.25, 0.3) is 11.5 Å². The van der Waals surface area contributed by atoms with Crippen LogP contribution in [0, 0.1) is 5.92 Å². The molecule has 7 nitrogen and oxygen atoms in total. The zero-order chi connectivity index (χ0) is 15.6. The molecule has 1 amide bonds. The van der Waals surface area contributed by atoms with Gasteiger partial charge in [-0.1, -0.05) is 32.0 Å². The van der Waals surface area contributed by atoms with Crippen molar-refractivity contribution in [3.05, 3.63) is 22.1 Å². The van der Waals surface area contributed by atoms with Gasteiger partial charge in [0, 0.05) is 18.5 Å². The summed E-state index contributed by atoms with van der Waals surface area (Å²) in [5.41, 5.74) is -0.536. The third kappa shape index (κ3) is 3.10. The van der Waals surface area contributed by atoms with Crippen molar-refractivity contribution in [2.75, 3.05) is 5.75 Å². The number of carbonyl (C=O) groups is 2. The molecule has 0 radical (unpaired) electrons. The summed E-state index contributed by atoms with van der Waals surface area (Å²) < 4.78 is 1.44. The Kier molecular flexibility index (Phi) is 4.66. The van der Waals surface area contributed by atoms with E-state index >= 15 is 0 Å². The molecule has 0 aromatic carbocycles. The molecular weight excluding hydrogens is 294 g/mol. The molecule has 2 atom stereocenters. The van der Waals surface area contributed by atoms with E-state index in [-0.39, 0.29) is 11.5 Å². The van der Waals surface area contributed by atoms with Gasteiger partial charge in [-0.15, -0.1) is 0 Å². The topological polar surface area (TPSA) is 101 Å². The number of carbonyl (C=O) groups excluding carboxylic acids is 1. The Morgan fingerprint density at radius 1 is 1.57 bits per heavy atom. The van der Waals surface area contributed by atoms with Crippen LogP contribution in [0.4, 0.5) is 0 Å². The quantitative estimate of drug-likeness (QED) is 0.771. The minimum atomic E-state index is -1.11. The summed E-state index contributed by atoms with van der Waals surface area (Å²) in [6.45, 7) is 4.10. The van der Waals surface area contributed by atoms with Crippen LogP contribution in [0.1, 0.15) is 30.6 Å². The highest BCUT2D eigenvalue weighted by Gasteiger charge is 2.28. The van der Waals surface area contributed by atoms with Crippen LogP contribution in [0.5, 0.6) is 0 Å². The minimum absolute atomic E-state index is 0.115. The summed E-state index contributed by atoms with van der Waals surface area (Å²) in [4.78, 5) is 39.7. The first-order chi connectivity index (χ1) is 9.95. The number of hydrogen-bond donors (Lipinski definition) is 2. The Morgan fingerprint density at radius 2 is 2.29 bits per heavy atom. The Bertz CT molecular complexity index is 628. The molecule has 1 aliphatic rings. The van der Waals surface area contributed by atoms with Crippen LogP contribution in [0.15, 0.2) is 16.1 Å². The molecule has 1 aliphatic heterocycles. The van der Waals surface area contributed by atoms with E-state index in [1.807, 2.05) is 6.92 Å². The molecule has 8 heteroatoms. The number of fused-ring (bicyclic) bond motifs is 1. The Hall–Kier alpha value is -1.83. The lowest BCUT2D eigenvalue weighted by molar-refractivity contribution is -0.140. The highest BCUT2D eigenvalue weighted by atomic mass is 32.2. The van der Waals surface area contributed by atoms with Crippen LogP contribution in [0.3, 0.4) is 0 Å². The second kappa shape index (κ2) is 6.30. The van der Waals surface area contributed by atoms with Crippen LogP contribution in [0.2, 0.25) is 0 Å². The molecule has 0 unspecified atom stereocenters. The van der Waals surface area contributed by atoms with E-state index in [9.17, 15) is 19.5 Å². The lowest BCUT2D eigenvalue weighted by Crippen LogP contribution is -2.46. The molecule has 0 saturated carbocycles. The van der Waals surface area contributed by atoms with E-state index in [0.29, 0.717) is 18.1 Å². The van der Waals surface area contributed by atoms with E-state index in [1.54, 1.807) is 6.92 Å². The zero-order valence-corrected chi connectivity index (χ0v) is 12.6. The summed E-state index contributed by atoms with van der Waals surface area (Å²) in [5, 5.41) is 12.2. The maximum absolute atomic E-state index is 12.2. The third-order valence-corrected chi connectivity index (χ3v) is 4.54. The molecule has 114 valence electrons. The molecule has 0 fully saturated rings. The van der Waals surface area contributed by atoms with Crippen molar-refractivity contribution >= 4 is 23.6 Å². The van der Waals surface area contributed by atoms with Gasteiger partial charge in [0.05, 0.1) is 0 Å². The van der Waals surface area contributed by atoms with E-state index < -0.39 is 23.5 Å². The second-order valence-corrected chi connectivity index (χ2v) is 6.00. The number of nitrogens with zero attached hydrogens (tertiary/aromatic N) is 2. The highest BCUT2D eigenvalue weighted by Crippen LogP contribution is 2.20. The van der Waals surface area contributed by atoms with Gasteiger partial charge in [-0.25, -0.2) is 9.78 Å².